The minimum absolute atomic E-state index is 0.0962. The van der Waals surface area contributed by atoms with Crippen LogP contribution in [-0.4, -0.2) is 26.4 Å². The summed E-state index contributed by atoms with van der Waals surface area (Å²) >= 11 is 0. The molecule has 1 N–H and O–H groups in total. The van der Waals surface area contributed by atoms with Crippen molar-refractivity contribution in [3.63, 3.8) is 0 Å². The second-order valence-electron chi connectivity index (χ2n) is 5.07. The topological polar surface area (TPSA) is 30.5 Å². The van der Waals surface area contributed by atoms with Crippen molar-refractivity contribution in [2.75, 3.05) is 20.8 Å². The van der Waals surface area contributed by atoms with E-state index in [1.807, 2.05) is 20.8 Å². The van der Waals surface area contributed by atoms with E-state index in [0.717, 1.165) is 0 Å². The van der Waals surface area contributed by atoms with Gasteiger partial charge in [-0.2, -0.15) is 0 Å². The van der Waals surface area contributed by atoms with E-state index in [0.29, 0.717) is 17.9 Å². The molecule has 1 aromatic carbocycles. The van der Waals surface area contributed by atoms with Gasteiger partial charge in [-0.3, -0.25) is 0 Å². The van der Waals surface area contributed by atoms with Crippen LogP contribution in [0.2, 0.25) is 0 Å². The molecule has 0 spiro atoms. The lowest BCUT2D eigenvalue weighted by Gasteiger charge is -2.30. The number of halogens is 1. The molecule has 0 amide bonds. The van der Waals surface area contributed by atoms with Crippen LogP contribution in [0.25, 0.3) is 0 Å². The number of nitrogens with one attached hydrogen (secondary N) is 1. The maximum absolute atomic E-state index is 13.9. The second-order valence-corrected chi connectivity index (χ2v) is 5.07. The molecular formula is C14H22FNO2. The van der Waals surface area contributed by atoms with Gasteiger partial charge in [-0.05, 0) is 26.8 Å². The van der Waals surface area contributed by atoms with Crippen molar-refractivity contribution in [3.05, 3.63) is 29.6 Å². The summed E-state index contributed by atoms with van der Waals surface area (Å²) in [6.45, 7) is 6.54. The van der Waals surface area contributed by atoms with Gasteiger partial charge in [0.2, 0.25) is 0 Å². The predicted molar refractivity (Wildman–Crippen MR) is 70.5 cm³/mol. The molecule has 0 fully saturated rings. The van der Waals surface area contributed by atoms with E-state index in [9.17, 15) is 4.39 Å². The van der Waals surface area contributed by atoms with E-state index in [2.05, 4.69) is 5.32 Å². The van der Waals surface area contributed by atoms with Crippen molar-refractivity contribution in [2.45, 2.75) is 32.4 Å². The first-order valence-electron chi connectivity index (χ1n) is 5.99. The summed E-state index contributed by atoms with van der Waals surface area (Å²) in [6.07, 6.45) is 0. The third kappa shape index (κ3) is 3.96. The molecule has 0 aliphatic carbocycles. The predicted octanol–water partition coefficient (Wildman–Crippen LogP) is 2.91. The fraction of sp³-hybridized carbons (Fsp3) is 0.571. The van der Waals surface area contributed by atoms with Crippen LogP contribution in [0.15, 0.2) is 18.2 Å². The fourth-order valence-electron chi connectivity index (χ4n) is 2.05. The molecule has 1 atom stereocenters. The molecule has 0 bridgehead atoms. The summed E-state index contributed by atoms with van der Waals surface area (Å²) in [5, 5.41) is 3.35. The standard InChI is InChI=1S/C14H22FNO2/c1-10(16-14(2,3)9-17-4)12-7-6-11(18-5)8-13(12)15/h6-8,10,16H,9H2,1-5H3/t10-/m1/s1. The van der Waals surface area contributed by atoms with Gasteiger partial charge in [0.15, 0.2) is 0 Å². The first-order chi connectivity index (χ1) is 8.39. The Morgan fingerprint density at radius 1 is 1.33 bits per heavy atom. The number of benzene rings is 1. The van der Waals surface area contributed by atoms with Crippen LogP contribution < -0.4 is 10.1 Å². The molecule has 0 aromatic heterocycles. The number of hydrogen-bond donors (Lipinski definition) is 1. The van der Waals surface area contributed by atoms with Crippen LogP contribution in [0.1, 0.15) is 32.4 Å². The van der Waals surface area contributed by atoms with Crippen LogP contribution in [0.5, 0.6) is 5.75 Å². The van der Waals surface area contributed by atoms with Crippen molar-refractivity contribution in [1.82, 2.24) is 5.32 Å². The third-order valence-electron chi connectivity index (χ3n) is 2.79. The minimum atomic E-state index is -0.262. The van der Waals surface area contributed by atoms with Crippen LogP contribution in [-0.2, 0) is 4.74 Å². The van der Waals surface area contributed by atoms with Crippen molar-refractivity contribution < 1.29 is 13.9 Å². The van der Waals surface area contributed by atoms with Crippen molar-refractivity contribution in [1.29, 1.82) is 0 Å². The Morgan fingerprint density at radius 2 is 2.00 bits per heavy atom. The second kappa shape index (κ2) is 6.16. The monoisotopic (exact) mass is 255 g/mol. The highest BCUT2D eigenvalue weighted by Gasteiger charge is 2.22. The zero-order valence-corrected chi connectivity index (χ0v) is 11.7. The maximum atomic E-state index is 13.9. The molecule has 1 aromatic rings. The summed E-state index contributed by atoms with van der Waals surface area (Å²) in [5.74, 6) is 0.266. The number of hydrogen-bond acceptors (Lipinski definition) is 3. The van der Waals surface area contributed by atoms with Gasteiger partial charge in [0.1, 0.15) is 11.6 Å². The Bertz CT molecular complexity index is 393. The van der Waals surface area contributed by atoms with Gasteiger partial charge in [0, 0.05) is 30.3 Å². The Balaban J connectivity index is 2.81. The van der Waals surface area contributed by atoms with E-state index < -0.39 is 0 Å². The molecule has 4 heteroatoms. The zero-order valence-electron chi connectivity index (χ0n) is 11.7. The quantitative estimate of drug-likeness (QED) is 0.847. The average molecular weight is 255 g/mol. The van der Waals surface area contributed by atoms with Crippen LogP contribution in [0.4, 0.5) is 4.39 Å². The fourth-order valence-corrected chi connectivity index (χ4v) is 2.05. The molecule has 3 nitrogen and oxygen atoms in total. The van der Waals surface area contributed by atoms with Crippen molar-refractivity contribution >= 4 is 0 Å². The highest BCUT2D eigenvalue weighted by atomic mass is 19.1. The average Bonchev–Trinajstić information content (AvgIpc) is 2.27. The van der Waals surface area contributed by atoms with Gasteiger partial charge in [-0.25, -0.2) is 4.39 Å². The van der Waals surface area contributed by atoms with E-state index in [4.69, 9.17) is 9.47 Å². The molecule has 0 saturated carbocycles. The van der Waals surface area contributed by atoms with Crippen LogP contribution in [0, 0.1) is 5.82 Å². The van der Waals surface area contributed by atoms with Gasteiger partial charge in [0.05, 0.1) is 13.7 Å². The lowest BCUT2D eigenvalue weighted by Crippen LogP contribution is -2.44. The Labute approximate surface area is 108 Å². The number of rotatable bonds is 6. The summed E-state index contributed by atoms with van der Waals surface area (Å²) in [5.41, 5.74) is 0.417. The Morgan fingerprint density at radius 3 is 2.50 bits per heavy atom. The molecule has 0 aliphatic heterocycles. The molecule has 0 unspecified atom stereocenters. The smallest absolute Gasteiger partial charge is 0.131 e. The number of methoxy groups -OCH3 is 2. The van der Waals surface area contributed by atoms with E-state index in [1.54, 1.807) is 19.2 Å². The zero-order chi connectivity index (χ0) is 13.8. The summed E-state index contributed by atoms with van der Waals surface area (Å²) < 4.78 is 24.0. The van der Waals surface area contributed by atoms with E-state index >= 15 is 0 Å². The molecule has 102 valence electrons. The van der Waals surface area contributed by atoms with Crippen molar-refractivity contribution in [2.24, 2.45) is 0 Å². The third-order valence-corrected chi connectivity index (χ3v) is 2.79. The molecule has 0 heterocycles. The minimum Gasteiger partial charge on any atom is -0.497 e. The first-order valence-corrected chi connectivity index (χ1v) is 5.99. The lowest BCUT2D eigenvalue weighted by molar-refractivity contribution is 0.121. The van der Waals surface area contributed by atoms with Gasteiger partial charge >= 0.3 is 0 Å². The van der Waals surface area contributed by atoms with Gasteiger partial charge in [-0.15, -0.1) is 0 Å². The SMILES string of the molecule is COCC(C)(C)N[C@H](C)c1ccc(OC)cc1F. The van der Waals surface area contributed by atoms with Gasteiger partial charge < -0.3 is 14.8 Å². The first kappa shape index (κ1) is 14.9. The molecule has 0 saturated heterocycles. The molecule has 18 heavy (non-hydrogen) atoms. The Hall–Kier alpha value is -1.13. The summed E-state index contributed by atoms with van der Waals surface area (Å²) in [6, 6.07) is 4.81. The van der Waals surface area contributed by atoms with Gasteiger partial charge in [-0.1, -0.05) is 6.07 Å². The maximum Gasteiger partial charge on any atom is 0.131 e. The highest BCUT2D eigenvalue weighted by molar-refractivity contribution is 5.30. The Kier molecular flexibility index (Phi) is 5.11. The highest BCUT2D eigenvalue weighted by Crippen LogP contribution is 2.23. The van der Waals surface area contributed by atoms with Crippen molar-refractivity contribution in [3.8, 4) is 5.75 Å². The summed E-state index contributed by atoms with van der Waals surface area (Å²) in [7, 11) is 3.18. The normalized spacial score (nSPS) is 13.4. The molecule has 0 radical (unpaired) electrons. The molecule has 0 aliphatic rings. The summed E-state index contributed by atoms with van der Waals surface area (Å²) in [4.78, 5) is 0. The van der Waals surface area contributed by atoms with E-state index in [1.165, 1.54) is 13.2 Å². The lowest BCUT2D eigenvalue weighted by atomic mass is 10.0. The molecular weight excluding hydrogens is 233 g/mol. The molecule has 1 rings (SSSR count). The number of ether oxygens (including phenoxy) is 2. The van der Waals surface area contributed by atoms with Crippen LogP contribution in [0.3, 0.4) is 0 Å². The largest absolute Gasteiger partial charge is 0.497 e. The van der Waals surface area contributed by atoms with E-state index in [-0.39, 0.29) is 17.4 Å². The van der Waals surface area contributed by atoms with Gasteiger partial charge in [0.25, 0.3) is 0 Å². The van der Waals surface area contributed by atoms with Crippen LogP contribution >= 0.6 is 0 Å².